The van der Waals surface area contributed by atoms with Crippen molar-refractivity contribution in [2.45, 2.75) is 11.4 Å². The molecule has 9 heteroatoms. The first-order chi connectivity index (χ1) is 15.8. The van der Waals surface area contributed by atoms with E-state index in [1.54, 1.807) is 43.3 Å². The van der Waals surface area contributed by atoms with Crippen molar-refractivity contribution in [3.63, 3.8) is 0 Å². The normalized spacial score (nSPS) is 10.9. The van der Waals surface area contributed by atoms with Crippen LogP contribution in [0.3, 0.4) is 0 Å². The lowest BCUT2D eigenvalue weighted by atomic mass is 10.2. The predicted molar refractivity (Wildman–Crippen MR) is 125 cm³/mol. The lowest BCUT2D eigenvalue weighted by Crippen LogP contribution is -2.30. The number of ether oxygens (including phenoxy) is 3. The molecule has 0 saturated heterocycles. The quantitative estimate of drug-likeness (QED) is 0.487. The molecule has 1 N–H and O–H groups in total. The third-order valence-corrected chi connectivity index (χ3v) is 6.22. The van der Waals surface area contributed by atoms with Gasteiger partial charge in [-0.05, 0) is 54.1 Å². The highest BCUT2D eigenvalue weighted by molar-refractivity contribution is 7.92. The van der Waals surface area contributed by atoms with Crippen LogP contribution in [0.1, 0.15) is 5.56 Å². The lowest BCUT2D eigenvalue weighted by Gasteiger charge is -2.18. The summed E-state index contributed by atoms with van der Waals surface area (Å²) in [6.07, 6.45) is 0. The van der Waals surface area contributed by atoms with E-state index in [1.807, 2.05) is 24.3 Å². The van der Waals surface area contributed by atoms with Gasteiger partial charge in [-0.2, -0.15) is 0 Å². The maximum atomic E-state index is 12.6. The summed E-state index contributed by atoms with van der Waals surface area (Å²) >= 11 is 0. The molecule has 8 nitrogen and oxygen atoms in total. The zero-order valence-electron chi connectivity index (χ0n) is 18.6. The van der Waals surface area contributed by atoms with Gasteiger partial charge in [0.05, 0.1) is 24.8 Å². The number of amides is 1. The molecule has 0 radical (unpaired) electrons. The summed E-state index contributed by atoms with van der Waals surface area (Å²) in [4.78, 5) is 14.0. The monoisotopic (exact) mass is 470 g/mol. The molecule has 0 bridgehead atoms. The van der Waals surface area contributed by atoms with E-state index < -0.39 is 10.0 Å². The SMILES string of the molecule is COc1ccc(CN(C)C(=O)COc2ccc(S(=O)(=O)Nc3cccc(OC)c3)cc2)cc1. The molecule has 0 atom stereocenters. The second-order valence-electron chi connectivity index (χ2n) is 7.20. The van der Waals surface area contributed by atoms with E-state index in [4.69, 9.17) is 14.2 Å². The predicted octanol–water partition coefficient (Wildman–Crippen LogP) is 3.54. The number of likely N-dealkylation sites (N-methyl/N-ethyl adjacent to an activating group) is 1. The Labute approximate surface area is 193 Å². The van der Waals surface area contributed by atoms with E-state index in [-0.39, 0.29) is 17.4 Å². The van der Waals surface area contributed by atoms with Crippen molar-refractivity contribution in [2.24, 2.45) is 0 Å². The molecule has 174 valence electrons. The highest BCUT2D eigenvalue weighted by Crippen LogP contribution is 2.22. The average molecular weight is 471 g/mol. The number of benzene rings is 3. The summed E-state index contributed by atoms with van der Waals surface area (Å²) in [5, 5.41) is 0. The number of nitrogens with zero attached hydrogens (tertiary/aromatic N) is 1. The smallest absolute Gasteiger partial charge is 0.261 e. The number of carbonyl (C=O) groups excluding carboxylic acids is 1. The number of hydrogen-bond acceptors (Lipinski definition) is 6. The largest absolute Gasteiger partial charge is 0.497 e. The minimum atomic E-state index is -3.78. The summed E-state index contributed by atoms with van der Waals surface area (Å²) in [5.41, 5.74) is 1.35. The van der Waals surface area contributed by atoms with Crippen LogP contribution in [0.2, 0.25) is 0 Å². The second kappa shape index (κ2) is 10.7. The molecule has 3 aromatic rings. The summed E-state index contributed by atoms with van der Waals surface area (Å²) in [6.45, 7) is 0.264. The number of carbonyl (C=O) groups is 1. The van der Waals surface area contributed by atoms with Gasteiger partial charge in [0.1, 0.15) is 17.2 Å². The maximum Gasteiger partial charge on any atom is 0.261 e. The highest BCUT2D eigenvalue weighted by Gasteiger charge is 2.15. The molecule has 0 fully saturated rings. The molecule has 33 heavy (non-hydrogen) atoms. The summed E-state index contributed by atoms with van der Waals surface area (Å²) in [6, 6.07) is 19.9. The number of methoxy groups -OCH3 is 2. The van der Waals surface area contributed by atoms with Crippen molar-refractivity contribution in [3.05, 3.63) is 78.4 Å². The summed E-state index contributed by atoms with van der Waals surface area (Å²) in [7, 11) is 1.01. The molecule has 0 aliphatic carbocycles. The van der Waals surface area contributed by atoms with Crippen molar-refractivity contribution in [2.75, 3.05) is 32.6 Å². The van der Waals surface area contributed by atoms with Crippen molar-refractivity contribution in [3.8, 4) is 17.2 Å². The Balaban J connectivity index is 1.55. The number of rotatable bonds is 10. The van der Waals surface area contributed by atoms with E-state index in [0.717, 1.165) is 11.3 Å². The second-order valence-corrected chi connectivity index (χ2v) is 8.88. The zero-order chi connectivity index (χ0) is 23.8. The highest BCUT2D eigenvalue weighted by atomic mass is 32.2. The van der Waals surface area contributed by atoms with Crippen LogP contribution >= 0.6 is 0 Å². The molecule has 0 aliphatic heterocycles. The fraction of sp³-hybridized carbons (Fsp3) is 0.208. The Bertz CT molecular complexity index is 1180. The fourth-order valence-corrected chi connectivity index (χ4v) is 4.01. The average Bonchev–Trinajstić information content (AvgIpc) is 2.83. The van der Waals surface area contributed by atoms with E-state index >= 15 is 0 Å². The van der Waals surface area contributed by atoms with Gasteiger partial charge in [0.25, 0.3) is 15.9 Å². The Morgan fingerprint density at radius 2 is 1.52 bits per heavy atom. The maximum absolute atomic E-state index is 12.6. The Hall–Kier alpha value is -3.72. The molecule has 0 aromatic heterocycles. The van der Waals surface area contributed by atoms with E-state index in [1.165, 1.54) is 31.4 Å². The van der Waals surface area contributed by atoms with Crippen molar-refractivity contribution in [1.29, 1.82) is 0 Å². The van der Waals surface area contributed by atoms with Crippen LogP contribution in [0.15, 0.2) is 77.7 Å². The Kier molecular flexibility index (Phi) is 7.78. The lowest BCUT2D eigenvalue weighted by molar-refractivity contribution is -0.132. The van der Waals surface area contributed by atoms with Crippen molar-refractivity contribution in [1.82, 2.24) is 4.90 Å². The molecule has 0 aliphatic rings. The van der Waals surface area contributed by atoms with Gasteiger partial charge in [-0.1, -0.05) is 18.2 Å². The number of hydrogen-bond donors (Lipinski definition) is 1. The van der Waals surface area contributed by atoms with Crippen LogP contribution in [0.5, 0.6) is 17.2 Å². The minimum Gasteiger partial charge on any atom is -0.497 e. The topological polar surface area (TPSA) is 94.2 Å². The Morgan fingerprint density at radius 1 is 0.879 bits per heavy atom. The van der Waals surface area contributed by atoms with Crippen LogP contribution in [-0.2, 0) is 21.4 Å². The molecular formula is C24H26N2O6S. The number of nitrogens with one attached hydrogen (secondary N) is 1. The van der Waals surface area contributed by atoms with Gasteiger partial charge in [-0.3, -0.25) is 9.52 Å². The standard InChI is InChI=1S/C24H26N2O6S/c1-26(16-18-7-9-20(30-2)10-8-18)24(27)17-32-21-11-13-23(14-12-21)33(28,29)25-19-5-4-6-22(15-19)31-3/h4-15,25H,16-17H2,1-3H3. The first-order valence-corrected chi connectivity index (χ1v) is 11.6. The fourth-order valence-electron chi connectivity index (χ4n) is 2.96. The van der Waals surface area contributed by atoms with Gasteiger partial charge in [0, 0.05) is 19.7 Å². The van der Waals surface area contributed by atoms with Crippen LogP contribution in [-0.4, -0.2) is 47.1 Å². The van der Waals surface area contributed by atoms with Gasteiger partial charge < -0.3 is 19.1 Å². The van der Waals surface area contributed by atoms with Gasteiger partial charge in [-0.15, -0.1) is 0 Å². The Morgan fingerprint density at radius 3 is 2.15 bits per heavy atom. The number of anilines is 1. The van der Waals surface area contributed by atoms with Gasteiger partial charge >= 0.3 is 0 Å². The molecule has 0 saturated carbocycles. The third-order valence-electron chi connectivity index (χ3n) is 4.82. The van der Waals surface area contributed by atoms with Gasteiger partial charge in [0.2, 0.25) is 0 Å². The first kappa shape index (κ1) is 23.9. The van der Waals surface area contributed by atoms with E-state index in [0.29, 0.717) is 23.7 Å². The zero-order valence-corrected chi connectivity index (χ0v) is 19.5. The molecule has 3 rings (SSSR count). The molecular weight excluding hydrogens is 444 g/mol. The van der Waals surface area contributed by atoms with Crippen LogP contribution in [0, 0.1) is 0 Å². The number of sulfonamides is 1. The first-order valence-electron chi connectivity index (χ1n) is 10.1. The molecule has 0 unspecified atom stereocenters. The van der Waals surface area contributed by atoms with Gasteiger partial charge in [0.15, 0.2) is 6.61 Å². The van der Waals surface area contributed by atoms with Crippen molar-refractivity contribution >= 4 is 21.6 Å². The van der Waals surface area contributed by atoms with Crippen molar-refractivity contribution < 1.29 is 27.4 Å². The van der Waals surface area contributed by atoms with E-state index in [2.05, 4.69) is 4.72 Å². The molecule has 0 spiro atoms. The van der Waals surface area contributed by atoms with Crippen LogP contribution < -0.4 is 18.9 Å². The summed E-state index contributed by atoms with van der Waals surface area (Å²) in [5.74, 6) is 1.48. The summed E-state index contributed by atoms with van der Waals surface area (Å²) < 4.78 is 43.5. The molecule has 1 amide bonds. The third kappa shape index (κ3) is 6.63. The molecule has 3 aromatic carbocycles. The van der Waals surface area contributed by atoms with E-state index in [9.17, 15) is 13.2 Å². The minimum absolute atomic E-state index is 0.0700. The van der Waals surface area contributed by atoms with Gasteiger partial charge in [-0.25, -0.2) is 8.42 Å². The van der Waals surface area contributed by atoms with Crippen LogP contribution in [0.4, 0.5) is 5.69 Å². The van der Waals surface area contributed by atoms with Crippen LogP contribution in [0.25, 0.3) is 0 Å². The molecule has 0 heterocycles.